The molecule has 2 amide bonds. The third kappa shape index (κ3) is 2.88. The lowest BCUT2D eigenvalue weighted by Crippen LogP contribution is -2.58. The first-order valence-electron chi connectivity index (χ1n) is 5.50. The largest absolute Gasteiger partial charge is 0.470 e. The number of urea groups is 1. The molecular formula is C11H14BrN3O2. The molecule has 17 heavy (non-hydrogen) atoms. The molecule has 1 saturated heterocycles. The molecule has 1 aromatic rings. The minimum Gasteiger partial charge on any atom is -0.470 e. The molecule has 6 heteroatoms. The van der Waals surface area contributed by atoms with Crippen molar-refractivity contribution < 1.29 is 9.53 Å². The fourth-order valence-corrected chi connectivity index (χ4v) is 1.91. The third-order valence-electron chi connectivity index (χ3n) is 2.47. The quantitative estimate of drug-likeness (QED) is 0.923. The van der Waals surface area contributed by atoms with E-state index in [2.05, 4.69) is 26.2 Å². The number of pyridine rings is 1. The summed E-state index contributed by atoms with van der Waals surface area (Å²) in [7, 11) is 0. The van der Waals surface area contributed by atoms with Crippen molar-refractivity contribution in [1.82, 2.24) is 15.2 Å². The van der Waals surface area contributed by atoms with Crippen LogP contribution in [0.1, 0.15) is 6.92 Å². The Hall–Kier alpha value is -1.30. The molecule has 1 N–H and O–H groups in total. The van der Waals surface area contributed by atoms with E-state index in [1.165, 1.54) is 0 Å². The van der Waals surface area contributed by atoms with Gasteiger partial charge in [-0.15, -0.1) is 0 Å². The normalized spacial score (nSPS) is 15.3. The highest BCUT2D eigenvalue weighted by atomic mass is 79.9. The second kappa shape index (κ2) is 5.35. The maximum Gasteiger partial charge on any atom is 0.317 e. The molecule has 0 spiro atoms. The van der Waals surface area contributed by atoms with E-state index < -0.39 is 0 Å². The van der Waals surface area contributed by atoms with Gasteiger partial charge in [-0.25, -0.2) is 9.78 Å². The Kier molecular flexibility index (Phi) is 3.83. The zero-order valence-corrected chi connectivity index (χ0v) is 11.1. The molecule has 0 atom stereocenters. The van der Waals surface area contributed by atoms with Gasteiger partial charge in [0, 0.05) is 12.7 Å². The van der Waals surface area contributed by atoms with Crippen LogP contribution in [0.3, 0.4) is 0 Å². The van der Waals surface area contributed by atoms with Crippen LogP contribution < -0.4 is 10.1 Å². The highest BCUT2D eigenvalue weighted by molar-refractivity contribution is 9.10. The van der Waals surface area contributed by atoms with Gasteiger partial charge < -0.3 is 15.0 Å². The lowest BCUT2D eigenvalue weighted by atomic mass is 10.2. The minimum absolute atomic E-state index is 0.0313. The summed E-state index contributed by atoms with van der Waals surface area (Å²) >= 11 is 3.37. The first kappa shape index (κ1) is 12.2. The number of nitrogens with zero attached hydrogens (tertiary/aromatic N) is 2. The van der Waals surface area contributed by atoms with E-state index in [0.717, 1.165) is 4.47 Å². The monoisotopic (exact) mass is 299 g/mol. The summed E-state index contributed by atoms with van der Waals surface area (Å²) < 4.78 is 6.49. The maximum absolute atomic E-state index is 11.4. The summed E-state index contributed by atoms with van der Waals surface area (Å²) in [6.07, 6.45) is 1.71. The number of hydrogen-bond acceptors (Lipinski definition) is 3. The first-order valence-corrected chi connectivity index (χ1v) is 6.30. The number of rotatable bonds is 3. The predicted octanol–water partition coefficient (Wildman–Crippen LogP) is 1.64. The Morgan fingerprint density at radius 1 is 1.71 bits per heavy atom. The second-order valence-corrected chi connectivity index (χ2v) is 4.63. The average molecular weight is 300 g/mol. The Bertz CT molecular complexity index is 407. The van der Waals surface area contributed by atoms with Crippen molar-refractivity contribution in [3.05, 3.63) is 22.8 Å². The van der Waals surface area contributed by atoms with Gasteiger partial charge in [0.1, 0.15) is 6.10 Å². The summed E-state index contributed by atoms with van der Waals surface area (Å²) in [5.41, 5.74) is 0. The van der Waals surface area contributed by atoms with E-state index in [9.17, 15) is 4.79 Å². The second-order valence-electron chi connectivity index (χ2n) is 3.77. The van der Waals surface area contributed by atoms with Gasteiger partial charge >= 0.3 is 6.03 Å². The van der Waals surface area contributed by atoms with Crippen LogP contribution in [0.15, 0.2) is 22.8 Å². The first-order chi connectivity index (χ1) is 8.20. The van der Waals surface area contributed by atoms with Gasteiger partial charge in [-0.2, -0.15) is 0 Å². The molecule has 0 saturated carbocycles. The molecule has 1 fully saturated rings. The number of ether oxygens (including phenoxy) is 1. The van der Waals surface area contributed by atoms with E-state index in [1.54, 1.807) is 11.1 Å². The van der Waals surface area contributed by atoms with Crippen molar-refractivity contribution in [3.8, 4) is 5.88 Å². The Labute approximate surface area is 108 Å². The standard InChI is InChI=1S/C11H14BrN3O2/c1-2-13-11(16)15-6-8(7-15)17-10-9(12)4-3-5-14-10/h3-5,8H,2,6-7H2,1H3,(H,13,16). The van der Waals surface area contributed by atoms with E-state index >= 15 is 0 Å². The molecule has 0 radical (unpaired) electrons. The maximum atomic E-state index is 11.4. The lowest BCUT2D eigenvalue weighted by molar-refractivity contribution is 0.0410. The minimum atomic E-state index is -0.0348. The third-order valence-corrected chi connectivity index (χ3v) is 3.07. The van der Waals surface area contributed by atoms with Crippen LogP contribution in [0.4, 0.5) is 4.79 Å². The van der Waals surface area contributed by atoms with Crippen molar-refractivity contribution in [2.75, 3.05) is 19.6 Å². The summed E-state index contributed by atoms with van der Waals surface area (Å²) in [5, 5.41) is 2.75. The van der Waals surface area contributed by atoms with Crippen molar-refractivity contribution in [1.29, 1.82) is 0 Å². The number of halogens is 1. The van der Waals surface area contributed by atoms with Gasteiger partial charge in [0.25, 0.3) is 0 Å². The van der Waals surface area contributed by atoms with Crippen LogP contribution in [0.25, 0.3) is 0 Å². The van der Waals surface area contributed by atoms with Crippen molar-refractivity contribution in [2.45, 2.75) is 13.0 Å². The number of aromatic nitrogens is 1. The van der Waals surface area contributed by atoms with Gasteiger partial charge in [0.05, 0.1) is 17.6 Å². The van der Waals surface area contributed by atoms with Crippen LogP contribution in [-0.4, -0.2) is 41.7 Å². The predicted molar refractivity (Wildman–Crippen MR) is 67.0 cm³/mol. The molecule has 2 heterocycles. The Morgan fingerprint density at radius 3 is 3.12 bits per heavy atom. The lowest BCUT2D eigenvalue weighted by Gasteiger charge is -2.38. The van der Waals surface area contributed by atoms with Crippen molar-refractivity contribution in [2.24, 2.45) is 0 Å². The average Bonchev–Trinajstić information content (AvgIpc) is 2.25. The number of hydrogen-bond donors (Lipinski definition) is 1. The fraction of sp³-hybridized carbons (Fsp3) is 0.455. The number of carbonyl (C=O) groups excluding carboxylic acids is 1. The number of nitrogens with one attached hydrogen (secondary N) is 1. The highest BCUT2D eigenvalue weighted by Gasteiger charge is 2.32. The summed E-state index contributed by atoms with van der Waals surface area (Å²) in [4.78, 5) is 17.3. The highest BCUT2D eigenvalue weighted by Crippen LogP contribution is 2.24. The molecule has 1 aliphatic rings. The molecule has 1 aromatic heterocycles. The molecule has 0 aliphatic carbocycles. The van der Waals surface area contributed by atoms with Gasteiger partial charge in [0.2, 0.25) is 5.88 Å². The molecule has 1 aliphatic heterocycles. The van der Waals surface area contributed by atoms with Crippen LogP contribution in [0.2, 0.25) is 0 Å². The summed E-state index contributed by atoms with van der Waals surface area (Å²) in [5.74, 6) is 0.577. The van der Waals surface area contributed by atoms with Gasteiger partial charge in [-0.05, 0) is 35.0 Å². The molecule has 5 nitrogen and oxygen atoms in total. The van der Waals surface area contributed by atoms with Crippen LogP contribution in [-0.2, 0) is 0 Å². The zero-order valence-electron chi connectivity index (χ0n) is 9.52. The topological polar surface area (TPSA) is 54.5 Å². The van der Waals surface area contributed by atoms with Gasteiger partial charge in [0.15, 0.2) is 0 Å². The molecule has 0 aromatic carbocycles. The van der Waals surface area contributed by atoms with Crippen molar-refractivity contribution in [3.63, 3.8) is 0 Å². The molecule has 92 valence electrons. The molecule has 2 rings (SSSR count). The Balaban J connectivity index is 1.81. The molecule has 0 bridgehead atoms. The smallest absolute Gasteiger partial charge is 0.317 e. The van der Waals surface area contributed by atoms with Gasteiger partial charge in [-0.3, -0.25) is 0 Å². The van der Waals surface area contributed by atoms with E-state index in [1.807, 2.05) is 19.1 Å². The SMILES string of the molecule is CCNC(=O)N1CC(Oc2ncccc2Br)C1. The number of likely N-dealkylation sites (tertiary alicyclic amines) is 1. The van der Waals surface area contributed by atoms with Gasteiger partial charge in [-0.1, -0.05) is 0 Å². The number of carbonyl (C=O) groups is 1. The van der Waals surface area contributed by atoms with Crippen LogP contribution in [0.5, 0.6) is 5.88 Å². The fourth-order valence-electron chi connectivity index (χ4n) is 1.56. The summed E-state index contributed by atoms with van der Waals surface area (Å²) in [6, 6.07) is 3.67. The Morgan fingerprint density at radius 2 is 2.47 bits per heavy atom. The number of amides is 2. The zero-order chi connectivity index (χ0) is 12.3. The summed E-state index contributed by atoms with van der Waals surface area (Å²) in [6.45, 7) is 3.76. The van der Waals surface area contributed by atoms with Crippen LogP contribution in [0, 0.1) is 0 Å². The van der Waals surface area contributed by atoms with Crippen LogP contribution >= 0.6 is 15.9 Å². The van der Waals surface area contributed by atoms with E-state index in [0.29, 0.717) is 25.5 Å². The molecular weight excluding hydrogens is 286 g/mol. The van der Waals surface area contributed by atoms with E-state index in [4.69, 9.17) is 4.74 Å². The van der Waals surface area contributed by atoms with E-state index in [-0.39, 0.29) is 12.1 Å². The molecule has 0 unspecified atom stereocenters. The van der Waals surface area contributed by atoms with Crippen molar-refractivity contribution >= 4 is 22.0 Å².